The van der Waals surface area contributed by atoms with Gasteiger partial charge in [0.25, 0.3) is 0 Å². The summed E-state index contributed by atoms with van der Waals surface area (Å²) in [5.74, 6) is -1.69. The summed E-state index contributed by atoms with van der Waals surface area (Å²) in [5, 5.41) is 75.3. The lowest BCUT2D eigenvalue weighted by molar-refractivity contribution is -0.318. The first-order valence-electron chi connectivity index (χ1n) is 6.84. The standard InChI is InChI=1S/C12H20O12/c13-1-3(15)5(17)9(4(16)2-14)23-12-8(20)6(18)7(19)10(24-12)11(21)22/h2-10,12-13,15-20H,1H2,(H,21,22). The van der Waals surface area contributed by atoms with Crippen LogP contribution < -0.4 is 0 Å². The van der Waals surface area contributed by atoms with E-state index in [9.17, 15) is 40.2 Å². The first-order valence-corrected chi connectivity index (χ1v) is 6.84. The van der Waals surface area contributed by atoms with E-state index < -0.39 is 67.7 Å². The third kappa shape index (κ3) is 4.44. The molecule has 1 heterocycles. The Balaban J connectivity index is 2.98. The Kier molecular flexibility index (Phi) is 7.59. The molecule has 12 heteroatoms. The zero-order valence-corrected chi connectivity index (χ0v) is 12.2. The molecule has 0 spiro atoms. The Labute approximate surface area is 135 Å². The first kappa shape index (κ1) is 20.8. The van der Waals surface area contributed by atoms with Gasteiger partial charge in [0.2, 0.25) is 0 Å². The molecule has 9 unspecified atom stereocenters. The van der Waals surface area contributed by atoms with Gasteiger partial charge in [-0.05, 0) is 0 Å². The first-order chi connectivity index (χ1) is 11.1. The summed E-state index contributed by atoms with van der Waals surface area (Å²) in [4.78, 5) is 21.7. The Morgan fingerprint density at radius 2 is 1.71 bits per heavy atom. The minimum absolute atomic E-state index is 0.0762. The lowest BCUT2D eigenvalue weighted by atomic mass is 9.98. The van der Waals surface area contributed by atoms with Crippen molar-refractivity contribution < 1.29 is 59.9 Å². The largest absolute Gasteiger partial charge is 0.479 e. The maximum Gasteiger partial charge on any atom is 0.335 e. The number of carboxylic acids is 1. The van der Waals surface area contributed by atoms with E-state index in [1.807, 2.05) is 0 Å². The molecular weight excluding hydrogens is 336 g/mol. The molecule has 0 amide bonds. The van der Waals surface area contributed by atoms with E-state index in [-0.39, 0.29) is 6.29 Å². The zero-order chi connectivity index (χ0) is 18.6. The number of carbonyl (C=O) groups excluding carboxylic acids is 1. The number of rotatable bonds is 8. The van der Waals surface area contributed by atoms with Crippen molar-refractivity contribution in [3.05, 3.63) is 0 Å². The van der Waals surface area contributed by atoms with E-state index in [2.05, 4.69) is 0 Å². The summed E-state index contributed by atoms with van der Waals surface area (Å²) in [6.45, 7) is -0.959. The van der Waals surface area contributed by atoms with Crippen molar-refractivity contribution in [1.29, 1.82) is 0 Å². The van der Waals surface area contributed by atoms with Crippen molar-refractivity contribution in [3.8, 4) is 0 Å². The van der Waals surface area contributed by atoms with Crippen LogP contribution in [0.5, 0.6) is 0 Å². The van der Waals surface area contributed by atoms with E-state index in [1.165, 1.54) is 0 Å². The van der Waals surface area contributed by atoms with Crippen LogP contribution in [0, 0.1) is 0 Å². The predicted molar refractivity (Wildman–Crippen MR) is 70.4 cm³/mol. The highest BCUT2D eigenvalue weighted by molar-refractivity contribution is 5.73. The number of aldehydes is 1. The number of aliphatic hydroxyl groups excluding tert-OH is 7. The maximum absolute atomic E-state index is 11.0. The number of carboxylic acid groups (broad SMARTS) is 1. The van der Waals surface area contributed by atoms with Gasteiger partial charge < -0.3 is 55.1 Å². The fourth-order valence-electron chi connectivity index (χ4n) is 2.09. The average Bonchev–Trinajstić information content (AvgIpc) is 2.56. The van der Waals surface area contributed by atoms with Crippen molar-refractivity contribution >= 4 is 12.3 Å². The molecule has 0 aromatic heterocycles. The SMILES string of the molecule is O=CC(O)C(OC1OC(C(=O)O)C(O)C(O)C1O)C(O)C(O)CO. The molecule has 12 nitrogen and oxygen atoms in total. The van der Waals surface area contributed by atoms with E-state index >= 15 is 0 Å². The van der Waals surface area contributed by atoms with Crippen LogP contribution in [0.1, 0.15) is 0 Å². The van der Waals surface area contributed by atoms with Gasteiger partial charge >= 0.3 is 5.97 Å². The summed E-state index contributed by atoms with van der Waals surface area (Å²) in [5.41, 5.74) is 0. The highest BCUT2D eigenvalue weighted by Crippen LogP contribution is 2.25. The summed E-state index contributed by atoms with van der Waals surface area (Å²) >= 11 is 0. The molecule has 9 atom stereocenters. The van der Waals surface area contributed by atoms with Crippen molar-refractivity contribution in [2.45, 2.75) is 55.1 Å². The van der Waals surface area contributed by atoms with Crippen molar-refractivity contribution in [2.24, 2.45) is 0 Å². The quantitative estimate of drug-likeness (QED) is 0.191. The lowest BCUT2D eigenvalue weighted by Crippen LogP contribution is -2.62. The van der Waals surface area contributed by atoms with Gasteiger partial charge in [0.05, 0.1) is 6.61 Å². The fourth-order valence-corrected chi connectivity index (χ4v) is 2.09. The second kappa shape index (κ2) is 8.75. The zero-order valence-electron chi connectivity index (χ0n) is 12.2. The van der Waals surface area contributed by atoms with Gasteiger partial charge in [0, 0.05) is 0 Å². The van der Waals surface area contributed by atoms with Gasteiger partial charge in [-0.3, -0.25) is 0 Å². The fraction of sp³-hybridized carbons (Fsp3) is 0.833. The molecule has 1 aliphatic heterocycles. The van der Waals surface area contributed by atoms with Crippen LogP contribution in [0.4, 0.5) is 0 Å². The van der Waals surface area contributed by atoms with Crippen LogP contribution in [0.15, 0.2) is 0 Å². The molecule has 1 fully saturated rings. The van der Waals surface area contributed by atoms with Gasteiger partial charge in [0.1, 0.15) is 42.7 Å². The molecule has 1 rings (SSSR count). The minimum atomic E-state index is -2.04. The molecule has 0 aromatic rings. The summed E-state index contributed by atoms with van der Waals surface area (Å²) < 4.78 is 9.70. The van der Waals surface area contributed by atoms with Crippen molar-refractivity contribution in [2.75, 3.05) is 6.61 Å². The summed E-state index contributed by atoms with van der Waals surface area (Å²) in [6.07, 6.45) is -17.8. The number of aliphatic carboxylic acids is 1. The molecule has 0 saturated carbocycles. The summed E-state index contributed by atoms with van der Waals surface area (Å²) in [7, 11) is 0. The van der Waals surface area contributed by atoms with Crippen LogP contribution >= 0.6 is 0 Å². The van der Waals surface area contributed by atoms with E-state index in [1.54, 1.807) is 0 Å². The van der Waals surface area contributed by atoms with Crippen LogP contribution in [0.2, 0.25) is 0 Å². The second-order valence-corrected chi connectivity index (χ2v) is 5.20. The smallest absolute Gasteiger partial charge is 0.335 e. The van der Waals surface area contributed by atoms with Crippen molar-refractivity contribution in [3.63, 3.8) is 0 Å². The Morgan fingerprint density at radius 1 is 1.12 bits per heavy atom. The van der Waals surface area contributed by atoms with Gasteiger partial charge in [-0.15, -0.1) is 0 Å². The number of carbonyl (C=O) groups is 2. The second-order valence-electron chi connectivity index (χ2n) is 5.20. The monoisotopic (exact) mass is 356 g/mol. The topological polar surface area (TPSA) is 214 Å². The highest BCUT2D eigenvalue weighted by Gasteiger charge is 2.49. The normalized spacial score (nSPS) is 35.7. The Morgan fingerprint density at radius 3 is 2.17 bits per heavy atom. The van der Waals surface area contributed by atoms with Gasteiger partial charge in [-0.2, -0.15) is 0 Å². The molecule has 1 saturated heterocycles. The van der Waals surface area contributed by atoms with Gasteiger partial charge in [0.15, 0.2) is 18.7 Å². The average molecular weight is 356 g/mol. The van der Waals surface area contributed by atoms with Crippen LogP contribution in [0.25, 0.3) is 0 Å². The molecule has 8 N–H and O–H groups in total. The number of hydrogen-bond donors (Lipinski definition) is 8. The van der Waals surface area contributed by atoms with Crippen LogP contribution in [0.3, 0.4) is 0 Å². The third-order valence-electron chi connectivity index (χ3n) is 3.50. The van der Waals surface area contributed by atoms with Crippen molar-refractivity contribution in [1.82, 2.24) is 0 Å². The molecule has 0 aliphatic carbocycles. The Hall–Kier alpha value is -1.22. The number of hydrogen-bond acceptors (Lipinski definition) is 11. The Bertz CT molecular complexity index is 430. The lowest BCUT2D eigenvalue weighted by Gasteiger charge is -2.41. The predicted octanol–water partition coefficient (Wildman–Crippen LogP) is -5.46. The highest BCUT2D eigenvalue weighted by atomic mass is 16.7. The van der Waals surface area contributed by atoms with Crippen LogP contribution in [-0.2, 0) is 19.1 Å². The summed E-state index contributed by atoms with van der Waals surface area (Å²) in [6, 6.07) is 0. The van der Waals surface area contributed by atoms with E-state index in [4.69, 9.17) is 19.7 Å². The van der Waals surface area contributed by atoms with Gasteiger partial charge in [-0.25, -0.2) is 4.79 Å². The molecule has 1 aliphatic rings. The maximum atomic E-state index is 11.0. The molecule has 0 bridgehead atoms. The molecule has 0 radical (unpaired) electrons. The molecular formula is C12H20O12. The third-order valence-corrected chi connectivity index (χ3v) is 3.50. The molecule has 24 heavy (non-hydrogen) atoms. The van der Waals surface area contributed by atoms with Gasteiger partial charge in [-0.1, -0.05) is 0 Å². The van der Waals surface area contributed by atoms with Crippen LogP contribution in [-0.4, -0.2) is 115 Å². The number of ether oxygens (including phenoxy) is 2. The van der Waals surface area contributed by atoms with E-state index in [0.717, 1.165) is 0 Å². The minimum Gasteiger partial charge on any atom is -0.479 e. The molecule has 0 aromatic carbocycles. The molecule has 140 valence electrons. The van der Waals surface area contributed by atoms with E-state index in [0.29, 0.717) is 0 Å². The number of aliphatic hydroxyl groups is 7.